The maximum absolute atomic E-state index is 11.3. The molecule has 0 aromatic rings. The number of ether oxygens (including phenoxy) is 1. The first-order chi connectivity index (χ1) is 7.11. The smallest absolute Gasteiger partial charge is 0.317 e. The monoisotopic (exact) mass is 216 g/mol. The number of hydrogen-bond donors (Lipinski definition) is 1. The largest absolute Gasteiger partial charge is 0.469 e. The van der Waals surface area contributed by atoms with Crippen LogP contribution in [0.15, 0.2) is 0 Å². The van der Waals surface area contributed by atoms with Crippen LogP contribution in [-0.2, 0) is 9.53 Å². The van der Waals surface area contributed by atoms with Crippen LogP contribution in [0, 0.1) is 0 Å². The molecule has 0 aromatic carbocycles. The fourth-order valence-corrected chi connectivity index (χ4v) is 1.03. The Balaban J connectivity index is 3.59. The first-order valence-electron chi connectivity index (χ1n) is 5.17. The Labute approximate surface area is 90.8 Å². The van der Waals surface area contributed by atoms with Gasteiger partial charge in [-0.05, 0) is 12.8 Å². The van der Waals surface area contributed by atoms with Gasteiger partial charge in [0.2, 0.25) is 0 Å². The Bertz CT molecular complexity index is 207. The van der Waals surface area contributed by atoms with E-state index in [1.807, 2.05) is 6.92 Å². The first kappa shape index (κ1) is 13.7. The normalized spacial score (nSPS) is 9.53. The van der Waals surface area contributed by atoms with Crippen molar-refractivity contribution in [2.24, 2.45) is 0 Å². The summed E-state index contributed by atoms with van der Waals surface area (Å²) in [4.78, 5) is 23.7. The second-order valence-corrected chi connectivity index (χ2v) is 3.33. The Morgan fingerprint density at radius 2 is 2.07 bits per heavy atom. The summed E-state index contributed by atoms with van der Waals surface area (Å²) in [6, 6.07) is -0.0956. The maximum atomic E-state index is 11.3. The Kier molecular flexibility index (Phi) is 7.40. The summed E-state index contributed by atoms with van der Waals surface area (Å²) in [6.45, 7) is 3.24. The zero-order valence-electron chi connectivity index (χ0n) is 9.71. The van der Waals surface area contributed by atoms with E-state index in [0.717, 1.165) is 6.42 Å². The van der Waals surface area contributed by atoms with E-state index in [9.17, 15) is 9.59 Å². The highest BCUT2D eigenvalue weighted by Gasteiger charge is 2.07. The Morgan fingerprint density at radius 1 is 1.40 bits per heavy atom. The molecule has 0 unspecified atom stereocenters. The number of methoxy groups -OCH3 is 1. The van der Waals surface area contributed by atoms with Gasteiger partial charge in [-0.3, -0.25) is 4.79 Å². The highest BCUT2D eigenvalue weighted by molar-refractivity contribution is 5.74. The lowest BCUT2D eigenvalue weighted by atomic mass is 10.3. The minimum Gasteiger partial charge on any atom is -0.469 e. The van der Waals surface area contributed by atoms with E-state index in [2.05, 4.69) is 10.1 Å². The number of carbonyl (C=O) groups excluding carboxylic acids is 2. The van der Waals surface area contributed by atoms with E-state index in [4.69, 9.17) is 0 Å². The molecule has 0 radical (unpaired) electrons. The summed E-state index contributed by atoms with van der Waals surface area (Å²) in [7, 11) is 3.07. The molecule has 5 nitrogen and oxygen atoms in total. The molecule has 15 heavy (non-hydrogen) atoms. The van der Waals surface area contributed by atoms with Gasteiger partial charge in [0, 0.05) is 26.6 Å². The minimum absolute atomic E-state index is 0.0956. The predicted octanol–water partition coefficient (Wildman–Crippen LogP) is 0.991. The lowest BCUT2D eigenvalue weighted by molar-refractivity contribution is -0.140. The van der Waals surface area contributed by atoms with E-state index in [1.165, 1.54) is 7.11 Å². The van der Waals surface area contributed by atoms with Gasteiger partial charge in [0.25, 0.3) is 0 Å². The summed E-state index contributed by atoms with van der Waals surface area (Å²) in [6.07, 6.45) is 1.90. The van der Waals surface area contributed by atoms with E-state index >= 15 is 0 Å². The third kappa shape index (κ3) is 6.76. The zero-order valence-corrected chi connectivity index (χ0v) is 9.71. The van der Waals surface area contributed by atoms with E-state index in [1.54, 1.807) is 11.9 Å². The summed E-state index contributed by atoms with van der Waals surface area (Å²) >= 11 is 0. The molecule has 0 atom stereocenters. The third-order valence-corrected chi connectivity index (χ3v) is 1.98. The van der Waals surface area contributed by atoms with Crippen LogP contribution in [0.4, 0.5) is 4.79 Å². The van der Waals surface area contributed by atoms with Crippen LogP contribution in [-0.4, -0.2) is 44.1 Å². The molecule has 0 saturated heterocycles. The van der Waals surface area contributed by atoms with Crippen molar-refractivity contribution in [3.8, 4) is 0 Å². The standard InChI is InChI=1S/C10H20N2O3/c1-4-7-11-10(14)12(2)8-5-6-9(13)15-3/h4-8H2,1-3H3,(H,11,14). The number of urea groups is 1. The van der Waals surface area contributed by atoms with Crippen LogP contribution in [0.25, 0.3) is 0 Å². The molecule has 0 aliphatic carbocycles. The van der Waals surface area contributed by atoms with Crippen LogP contribution in [0.1, 0.15) is 26.2 Å². The van der Waals surface area contributed by atoms with Gasteiger partial charge in [-0.2, -0.15) is 0 Å². The molecule has 1 N–H and O–H groups in total. The zero-order chi connectivity index (χ0) is 11.7. The summed E-state index contributed by atoms with van der Waals surface area (Å²) in [5.74, 6) is -0.239. The fourth-order valence-electron chi connectivity index (χ4n) is 1.03. The third-order valence-electron chi connectivity index (χ3n) is 1.98. The van der Waals surface area contributed by atoms with Crippen molar-refractivity contribution in [1.82, 2.24) is 10.2 Å². The molecule has 0 bridgehead atoms. The van der Waals surface area contributed by atoms with Crippen LogP contribution >= 0.6 is 0 Å². The van der Waals surface area contributed by atoms with Crippen LogP contribution in [0.3, 0.4) is 0 Å². The van der Waals surface area contributed by atoms with Crippen LogP contribution in [0.2, 0.25) is 0 Å². The van der Waals surface area contributed by atoms with E-state index in [-0.39, 0.29) is 12.0 Å². The van der Waals surface area contributed by atoms with E-state index in [0.29, 0.717) is 25.9 Å². The molecular weight excluding hydrogens is 196 g/mol. The first-order valence-corrected chi connectivity index (χ1v) is 5.17. The van der Waals surface area contributed by atoms with Crippen molar-refractivity contribution >= 4 is 12.0 Å². The van der Waals surface area contributed by atoms with Crippen LogP contribution < -0.4 is 5.32 Å². The molecule has 0 fully saturated rings. The number of hydrogen-bond acceptors (Lipinski definition) is 3. The maximum Gasteiger partial charge on any atom is 0.317 e. The second kappa shape index (κ2) is 8.08. The highest BCUT2D eigenvalue weighted by atomic mass is 16.5. The van der Waals surface area contributed by atoms with Crippen molar-refractivity contribution in [2.75, 3.05) is 27.2 Å². The van der Waals surface area contributed by atoms with Gasteiger partial charge in [-0.25, -0.2) is 4.79 Å². The Hall–Kier alpha value is -1.26. The molecule has 2 amide bonds. The van der Waals surface area contributed by atoms with Gasteiger partial charge in [0.15, 0.2) is 0 Å². The van der Waals surface area contributed by atoms with Crippen molar-refractivity contribution in [1.29, 1.82) is 0 Å². The quantitative estimate of drug-likeness (QED) is 0.674. The molecular formula is C10H20N2O3. The lowest BCUT2D eigenvalue weighted by Gasteiger charge is -2.17. The number of carbonyl (C=O) groups is 2. The van der Waals surface area contributed by atoms with Crippen molar-refractivity contribution in [3.63, 3.8) is 0 Å². The molecule has 0 aliphatic rings. The van der Waals surface area contributed by atoms with Gasteiger partial charge >= 0.3 is 12.0 Å². The average molecular weight is 216 g/mol. The molecule has 0 aliphatic heterocycles. The topological polar surface area (TPSA) is 58.6 Å². The molecule has 0 aromatic heterocycles. The number of nitrogens with zero attached hydrogens (tertiary/aromatic N) is 1. The van der Waals surface area contributed by atoms with Gasteiger partial charge in [0.1, 0.15) is 0 Å². The number of rotatable bonds is 6. The van der Waals surface area contributed by atoms with Gasteiger partial charge in [-0.1, -0.05) is 6.92 Å². The SMILES string of the molecule is CCCNC(=O)N(C)CCCC(=O)OC. The number of esters is 1. The Morgan fingerprint density at radius 3 is 2.60 bits per heavy atom. The fraction of sp³-hybridized carbons (Fsp3) is 0.800. The van der Waals surface area contributed by atoms with Crippen molar-refractivity contribution < 1.29 is 14.3 Å². The summed E-state index contributed by atoms with van der Waals surface area (Å²) in [5.41, 5.74) is 0. The van der Waals surface area contributed by atoms with Gasteiger partial charge in [0.05, 0.1) is 7.11 Å². The van der Waals surface area contributed by atoms with Gasteiger partial charge < -0.3 is 15.0 Å². The minimum atomic E-state index is -0.239. The molecule has 88 valence electrons. The van der Waals surface area contributed by atoms with Crippen LogP contribution in [0.5, 0.6) is 0 Å². The summed E-state index contributed by atoms with van der Waals surface area (Å²) < 4.78 is 4.50. The number of amides is 2. The second-order valence-electron chi connectivity index (χ2n) is 3.33. The molecule has 0 saturated carbocycles. The molecule has 0 heterocycles. The molecule has 0 spiro atoms. The lowest BCUT2D eigenvalue weighted by Crippen LogP contribution is -2.38. The molecule has 5 heteroatoms. The summed E-state index contributed by atoms with van der Waals surface area (Å²) in [5, 5.41) is 2.76. The predicted molar refractivity (Wildman–Crippen MR) is 57.6 cm³/mol. The van der Waals surface area contributed by atoms with Crippen molar-refractivity contribution in [2.45, 2.75) is 26.2 Å². The van der Waals surface area contributed by atoms with Gasteiger partial charge in [-0.15, -0.1) is 0 Å². The highest BCUT2D eigenvalue weighted by Crippen LogP contribution is 1.95. The van der Waals surface area contributed by atoms with E-state index < -0.39 is 0 Å². The average Bonchev–Trinajstić information content (AvgIpc) is 2.25. The molecule has 0 rings (SSSR count). The number of nitrogens with one attached hydrogen (secondary N) is 1. The van der Waals surface area contributed by atoms with Crippen molar-refractivity contribution in [3.05, 3.63) is 0 Å².